The molecule has 0 spiro atoms. The molecule has 1 aliphatic heterocycles. The van der Waals surface area contributed by atoms with Gasteiger partial charge in [-0.1, -0.05) is 19.6 Å². The first-order valence-electron chi connectivity index (χ1n) is 14.0. The number of nitrogens with zero attached hydrogens (tertiary/aromatic N) is 7. The van der Waals surface area contributed by atoms with Crippen molar-refractivity contribution in [1.29, 1.82) is 0 Å². The highest BCUT2D eigenvalue weighted by atomic mass is 32.2. The molecule has 2 N–H and O–H groups in total. The van der Waals surface area contributed by atoms with E-state index in [0.717, 1.165) is 44.5 Å². The van der Waals surface area contributed by atoms with E-state index in [4.69, 9.17) is 9.72 Å². The van der Waals surface area contributed by atoms with Gasteiger partial charge in [0.25, 0.3) is 0 Å². The fourth-order valence-corrected chi connectivity index (χ4v) is 5.58. The van der Waals surface area contributed by atoms with Crippen molar-refractivity contribution in [2.24, 2.45) is 0 Å². The molecule has 0 saturated carbocycles. The van der Waals surface area contributed by atoms with E-state index >= 15 is 0 Å². The molecule has 3 heterocycles. The van der Waals surface area contributed by atoms with E-state index in [0.29, 0.717) is 45.5 Å². The van der Waals surface area contributed by atoms with Crippen molar-refractivity contribution in [3.63, 3.8) is 0 Å². The Labute approximate surface area is 252 Å². The summed E-state index contributed by atoms with van der Waals surface area (Å²) < 4.78 is 32.2. The normalized spacial score (nSPS) is 14.0. The lowest BCUT2D eigenvalue weighted by atomic mass is 10.1. The summed E-state index contributed by atoms with van der Waals surface area (Å²) in [6.45, 7) is 9.98. The smallest absolute Gasteiger partial charge is 0.232 e. The maximum atomic E-state index is 12.6. The number of hydrogen-bond acceptors (Lipinski definition) is 11. The van der Waals surface area contributed by atoms with Gasteiger partial charge in [-0.15, -0.1) is 0 Å². The van der Waals surface area contributed by atoms with Crippen LogP contribution in [0.5, 0.6) is 5.75 Å². The first-order chi connectivity index (χ1) is 20.6. The van der Waals surface area contributed by atoms with E-state index in [1.54, 1.807) is 37.7 Å². The Balaban J connectivity index is 1.51. The topological polar surface area (TPSA) is 129 Å². The van der Waals surface area contributed by atoms with Gasteiger partial charge in [-0.25, -0.2) is 13.4 Å². The molecule has 1 fully saturated rings. The Bertz CT molecular complexity index is 1760. The van der Waals surface area contributed by atoms with Crippen molar-refractivity contribution in [2.75, 3.05) is 73.5 Å². The molecule has 12 nitrogen and oxygen atoms in total. The standard InChI is InChI=1S/C30H37N9O3S/c1-7-20-17-24(26(42-5)18-25(20)39-15-13-37(3)14-16-39)35-30-33-19-21(8-2)29(36-30)34-23-10-9-22-27(32-12-11-31-22)28(23)38(4)43(6,40)41/h8-12,17-19H,2,7,13-16H2,1,3-6H3,(H2,33,34,35,36). The number of piperazine rings is 1. The molecule has 0 atom stereocenters. The second-order valence-electron chi connectivity index (χ2n) is 10.4. The van der Waals surface area contributed by atoms with Gasteiger partial charge in [-0.05, 0) is 37.2 Å². The van der Waals surface area contributed by atoms with Crippen molar-refractivity contribution in [3.8, 4) is 5.75 Å². The molecule has 1 saturated heterocycles. The van der Waals surface area contributed by atoms with E-state index < -0.39 is 10.0 Å². The number of hydrogen-bond donors (Lipinski definition) is 2. The maximum Gasteiger partial charge on any atom is 0.232 e. The molecule has 5 rings (SSSR count). The molecule has 0 bridgehead atoms. The molecule has 0 radical (unpaired) electrons. The first-order valence-corrected chi connectivity index (χ1v) is 15.8. The van der Waals surface area contributed by atoms with Gasteiger partial charge in [0.1, 0.15) is 22.8 Å². The summed E-state index contributed by atoms with van der Waals surface area (Å²) in [4.78, 5) is 22.8. The van der Waals surface area contributed by atoms with E-state index in [-0.39, 0.29) is 0 Å². The quantitative estimate of drug-likeness (QED) is 0.270. The summed E-state index contributed by atoms with van der Waals surface area (Å²) in [5, 5.41) is 6.62. The Morgan fingerprint density at radius 3 is 2.49 bits per heavy atom. The van der Waals surface area contributed by atoms with Crippen molar-refractivity contribution in [1.82, 2.24) is 24.8 Å². The van der Waals surface area contributed by atoms with E-state index in [1.165, 1.54) is 28.8 Å². The first kappa shape index (κ1) is 30.0. The molecule has 0 unspecified atom stereocenters. The fourth-order valence-electron chi connectivity index (χ4n) is 5.06. The molecular weight excluding hydrogens is 566 g/mol. The van der Waals surface area contributed by atoms with Crippen LogP contribution in [0.15, 0.2) is 49.4 Å². The predicted octanol–water partition coefficient (Wildman–Crippen LogP) is 4.27. The van der Waals surface area contributed by atoms with Crippen molar-refractivity contribution < 1.29 is 13.2 Å². The fraction of sp³-hybridized carbons (Fsp3) is 0.333. The van der Waals surface area contributed by atoms with E-state index in [1.807, 2.05) is 0 Å². The number of aromatic nitrogens is 4. The Morgan fingerprint density at radius 2 is 1.81 bits per heavy atom. The van der Waals surface area contributed by atoms with Crippen molar-refractivity contribution in [2.45, 2.75) is 13.3 Å². The second kappa shape index (κ2) is 12.4. The summed E-state index contributed by atoms with van der Waals surface area (Å²) in [5.41, 5.74) is 5.57. The minimum atomic E-state index is -3.62. The summed E-state index contributed by atoms with van der Waals surface area (Å²) in [5.74, 6) is 1.45. The molecule has 2 aromatic carbocycles. The highest BCUT2D eigenvalue weighted by Gasteiger charge is 2.23. The van der Waals surface area contributed by atoms with E-state index in [2.05, 4.69) is 68.1 Å². The van der Waals surface area contributed by atoms with Gasteiger partial charge in [0, 0.05) is 69.1 Å². The number of anilines is 6. The monoisotopic (exact) mass is 603 g/mol. The predicted molar refractivity (Wildman–Crippen MR) is 174 cm³/mol. The SMILES string of the molecule is C=Cc1cnc(Nc2cc(CC)c(N3CCN(C)CC3)cc2OC)nc1Nc1ccc2nccnc2c1N(C)S(C)(=O)=O. The Kier molecular flexibility index (Phi) is 8.64. The van der Waals surface area contributed by atoms with Gasteiger partial charge in [0.2, 0.25) is 16.0 Å². The van der Waals surface area contributed by atoms with Gasteiger partial charge < -0.3 is 25.2 Å². The van der Waals surface area contributed by atoms with Gasteiger partial charge in [0.05, 0.1) is 30.3 Å². The van der Waals surface area contributed by atoms with Crippen molar-refractivity contribution >= 4 is 61.6 Å². The Hall–Kier alpha value is -4.49. The summed E-state index contributed by atoms with van der Waals surface area (Å²) in [7, 11) is 1.66. The van der Waals surface area contributed by atoms with Crippen LogP contribution in [0.4, 0.5) is 34.5 Å². The van der Waals surface area contributed by atoms with Crippen molar-refractivity contribution in [3.05, 3.63) is 60.6 Å². The minimum absolute atomic E-state index is 0.333. The van der Waals surface area contributed by atoms with Crippen LogP contribution in [-0.2, 0) is 16.4 Å². The summed E-state index contributed by atoms with van der Waals surface area (Å²) >= 11 is 0. The number of nitrogens with one attached hydrogen (secondary N) is 2. The average Bonchev–Trinajstić information content (AvgIpc) is 3.00. The zero-order valence-electron chi connectivity index (χ0n) is 25.1. The summed E-state index contributed by atoms with van der Waals surface area (Å²) in [6, 6.07) is 7.69. The number of likely N-dealkylation sites (N-methyl/N-ethyl adjacent to an activating group) is 1. The third kappa shape index (κ3) is 6.32. The Morgan fingerprint density at radius 1 is 1.07 bits per heavy atom. The number of fused-ring (bicyclic) bond motifs is 1. The lowest BCUT2D eigenvalue weighted by Crippen LogP contribution is -2.44. The number of methoxy groups -OCH3 is 1. The lowest BCUT2D eigenvalue weighted by Gasteiger charge is -2.35. The van der Waals surface area contributed by atoms with Gasteiger partial charge in [0.15, 0.2) is 0 Å². The molecule has 0 amide bonds. The molecule has 4 aromatic rings. The highest BCUT2D eigenvalue weighted by molar-refractivity contribution is 7.92. The van der Waals surface area contributed by atoms with E-state index in [9.17, 15) is 8.42 Å². The largest absolute Gasteiger partial charge is 0.494 e. The van der Waals surface area contributed by atoms with Gasteiger partial charge in [-0.3, -0.25) is 14.3 Å². The van der Waals surface area contributed by atoms with Crippen LogP contribution in [0, 0.1) is 0 Å². The average molecular weight is 604 g/mol. The third-order valence-corrected chi connectivity index (χ3v) is 8.77. The molecule has 0 aliphatic carbocycles. The van der Waals surface area contributed by atoms with Crippen LogP contribution in [-0.4, -0.2) is 86.9 Å². The van der Waals surface area contributed by atoms with Crippen LogP contribution in [0.1, 0.15) is 18.1 Å². The molecule has 13 heteroatoms. The third-order valence-electron chi connectivity index (χ3n) is 7.59. The minimum Gasteiger partial charge on any atom is -0.494 e. The number of aryl methyl sites for hydroxylation is 1. The molecular formula is C30H37N9O3S. The zero-order chi connectivity index (χ0) is 30.7. The molecule has 43 heavy (non-hydrogen) atoms. The number of rotatable bonds is 10. The van der Waals surface area contributed by atoms with Crippen LogP contribution >= 0.6 is 0 Å². The van der Waals surface area contributed by atoms with Crippen LogP contribution < -0.4 is 24.6 Å². The van der Waals surface area contributed by atoms with Crippen LogP contribution in [0.3, 0.4) is 0 Å². The lowest BCUT2D eigenvalue weighted by molar-refractivity contribution is 0.312. The van der Waals surface area contributed by atoms with Gasteiger partial charge >= 0.3 is 0 Å². The highest BCUT2D eigenvalue weighted by Crippen LogP contribution is 2.38. The second-order valence-corrected chi connectivity index (χ2v) is 12.4. The zero-order valence-corrected chi connectivity index (χ0v) is 25.9. The number of benzene rings is 2. The maximum absolute atomic E-state index is 12.6. The number of sulfonamides is 1. The summed E-state index contributed by atoms with van der Waals surface area (Å²) in [6.07, 6.45) is 8.37. The molecule has 226 valence electrons. The van der Waals surface area contributed by atoms with Gasteiger partial charge in [-0.2, -0.15) is 4.98 Å². The molecule has 2 aromatic heterocycles. The number of ether oxygens (including phenoxy) is 1. The van der Waals surface area contributed by atoms with Crippen LogP contribution in [0.25, 0.3) is 17.1 Å². The van der Waals surface area contributed by atoms with Crippen LogP contribution in [0.2, 0.25) is 0 Å². The molecule has 1 aliphatic rings.